The first-order valence-corrected chi connectivity index (χ1v) is 6.57. The van der Waals surface area contributed by atoms with Crippen molar-refractivity contribution in [3.05, 3.63) is 28.2 Å². The topological polar surface area (TPSA) is 47.6 Å². The van der Waals surface area contributed by atoms with Crippen molar-refractivity contribution in [3.63, 3.8) is 0 Å². The zero-order chi connectivity index (χ0) is 13.5. The number of esters is 1. The van der Waals surface area contributed by atoms with E-state index in [0.717, 1.165) is 16.6 Å². The van der Waals surface area contributed by atoms with E-state index in [0.29, 0.717) is 5.75 Å². The molecule has 0 bridgehead atoms. The minimum Gasteiger partial charge on any atom is -0.482 e. The van der Waals surface area contributed by atoms with Gasteiger partial charge in [0.05, 0.1) is 6.10 Å². The number of nitrogens with one attached hydrogen (secondary N) is 1. The summed E-state index contributed by atoms with van der Waals surface area (Å²) in [4.78, 5) is 11.3. The van der Waals surface area contributed by atoms with E-state index in [-0.39, 0.29) is 18.7 Å². The molecule has 0 amide bonds. The highest BCUT2D eigenvalue weighted by atomic mass is 79.9. The Morgan fingerprint density at radius 3 is 2.78 bits per heavy atom. The van der Waals surface area contributed by atoms with Gasteiger partial charge >= 0.3 is 5.97 Å². The van der Waals surface area contributed by atoms with Gasteiger partial charge < -0.3 is 14.8 Å². The van der Waals surface area contributed by atoms with Crippen molar-refractivity contribution in [2.24, 2.45) is 0 Å². The zero-order valence-corrected chi connectivity index (χ0v) is 12.4. The molecule has 1 aromatic rings. The van der Waals surface area contributed by atoms with E-state index in [9.17, 15) is 4.79 Å². The Morgan fingerprint density at radius 2 is 2.17 bits per heavy atom. The summed E-state index contributed by atoms with van der Waals surface area (Å²) in [7, 11) is 1.87. The molecular formula is C13H18BrNO3. The van der Waals surface area contributed by atoms with E-state index >= 15 is 0 Å². The Hall–Kier alpha value is -1.07. The van der Waals surface area contributed by atoms with Crippen LogP contribution in [-0.4, -0.2) is 25.7 Å². The molecular weight excluding hydrogens is 298 g/mol. The first-order valence-electron chi connectivity index (χ1n) is 5.78. The highest BCUT2D eigenvalue weighted by molar-refractivity contribution is 9.10. The molecule has 0 aromatic heterocycles. The van der Waals surface area contributed by atoms with E-state index in [1.165, 1.54) is 0 Å². The average Bonchev–Trinajstić information content (AvgIpc) is 2.29. The molecule has 18 heavy (non-hydrogen) atoms. The summed E-state index contributed by atoms with van der Waals surface area (Å²) >= 11 is 3.46. The molecule has 100 valence electrons. The maximum atomic E-state index is 11.3. The molecule has 1 aromatic carbocycles. The first kappa shape index (κ1) is 15.0. The van der Waals surface area contributed by atoms with Gasteiger partial charge in [0.15, 0.2) is 6.61 Å². The van der Waals surface area contributed by atoms with Crippen LogP contribution in [0.2, 0.25) is 0 Å². The van der Waals surface area contributed by atoms with Crippen LogP contribution in [0.5, 0.6) is 5.75 Å². The zero-order valence-electron chi connectivity index (χ0n) is 10.8. The molecule has 0 heterocycles. The normalized spacial score (nSPS) is 10.5. The highest BCUT2D eigenvalue weighted by Gasteiger charge is 2.07. The van der Waals surface area contributed by atoms with Crippen molar-refractivity contribution < 1.29 is 14.3 Å². The molecule has 0 aliphatic carbocycles. The SMILES string of the molecule is CNCc1cc(OCC(=O)OC(C)C)ccc1Br. The minimum atomic E-state index is -0.358. The Balaban J connectivity index is 2.57. The average molecular weight is 316 g/mol. The number of carbonyl (C=O) groups is 1. The molecule has 0 spiro atoms. The van der Waals surface area contributed by atoms with Crippen LogP contribution < -0.4 is 10.1 Å². The predicted molar refractivity (Wildman–Crippen MR) is 73.6 cm³/mol. The third kappa shape index (κ3) is 5.06. The van der Waals surface area contributed by atoms with Crippen molar-refractivity contribution >= 4 is 21.9 Å². The largest absolute Gasteiger partial charge is 0.482 e. The van der Waals surface area contributed by atoms with Gasteiger partial charge in [-0.25, -0.2) is 4.79 Å². The van der Waals surface area contributed by atoms with Crippen LogP contribution in [0.4, 0.5) is 0 Å². The van der Waals surface area contributed by atoms with Gasteiger partial charge in [0, 0.05) is 11.0 Å². The van der Waals surface area contributed by atoms with E-state index in [1.54, 1.807) is 0 Å². The van der Waals surface area contributed by atoms with E-state index < -0.39 is 0 Å². The molecule has 0 fully saturated rings. The Bertz CT molecular complexity index is 407. The van der Waals surface area contributed by atoms with Gasteiger partial charge in [0.1, 0.15) is 5.75 Å². The minimum absolute atomic E-state index is 0.0706. The van der Waals surface area contributed by atoms with Gasteiger partial charge in [-0.05, 0) is 44.7 Å². The summed E-state index contributed by atoms with van der Waals surface area (Å²) < 4.78 is 11.4. The fourth-order valence-electron chi connectivity index (χ4n) is 1.41. The van der Waals surface area contributed by atoms with Gasteiger partial charge in [-0.2, -0.15) is 0 Å². The number of halogens is 1. The summed E-state index contributed by atoms with van der Waals surface area (Å²) in [5, 5.41) is 3.07. The van der Waals surface area contributed by atoms with Gasteiger partial charge in [-0.15, -0.1) is 0 Å². The summed E-state index contributed by atoms with van der Waals surface area (Å²) in [6, 6.07) is 5.60. The first-order chi connectivity index (χ1) is 8.52. The fraction of sp³-hybridized carbons (Fsp3) is 0.462. The summed E-state index contributed by atoms with van der Waals surface area (Å²) in [5.74, 6) is 0.298. The van der Waals surface area contributed by atoms with Crippen molar-refractivity contribution in [2.75, 3.05) is 13.7 Å². The molecule has 4 nitrogen and oxygen atoms in total. The second-order valence-electron chi connectivity index (χ2n) is 4.11. The fourth-order valence-corrected chi connectivity index (χ4v) is 1.79. The van der Waals surface area contributed by atoms with Crippen LogP contribution in [-0.2, 0) is 16.1 Å². The molecule has 5 heteroatoms. The van der Waals surface area contributed by atoms with Crippen LogP contribution in [0.25, 0.3) is 0 Å². The van der Waals surface area contributed by atoms with Crippen LogP contribution in [0.3, 0.4) is 0 Å². The van der Waals surface area contributed by atoms with Crippen molar-refractivity contribution in [3.8, 4) is 5.75 Å². The molecule has 0 unspecified atom stereocenters. The van der Waals surface area contributed by atoms with Crippen molar-refractivity contribution in [1.29, 1.82) is 0 Å². The van der Waals surface area contributed by atoms with Crippen LogP contribution in [0, 0.1) is 0 Å². The lowest BCUT2D eigenvalue weighted by molar-refractivity contribution is -0.149. The molecule has 0 atom stereocenters. The second-order valence-corrected chi connectivity index (χ2v) is 4.97. The van der Waals surface area contributed by atoms with Crippen LogP contribution in [0.15, 0.2) is 22.7 Å². The summed E-state index contributed by atoms with van der Waals surface area (Å²) in [5.41, 5.74) is 1.08. The smallest absolute Gasteiger partial charge is 0.344 e. The number of hydrogen-bond acceptors (Lipinski definition) is 4. The number of carbonyl (C=O) groups excluding carboxylic acids is 1. The number of rotatable bonds is 6. The second kappa shape index (κ2) is 7.38. The Morgan fingerprint density at radius 1 is 1.44 bits per heavy atom. The van der Waals surface area contributed by atoms with Gasteiger partial charge in [-0.1, -0.05) is 15.9 Å². The van der Waals surface area contributed by atoms with Gasteiger partial charge in [0.2, 0.25) is 0 Å². The summed E-state index contributed by atoms with van der Waals surface area (Å²) in [6.07, 6.45) is -0.120. The Labute approximate surface area is 116 Å². The molecule has 0 aliphatic rings. The molecule has 0 aliphatic heterocycles. The molecule has 1 N–H and O–H groups in total. The third-order valence-electron chi connectivity index (χ3n) is 2.11. The van der Waals surface area contributed by atoms with Crippen molar-refractivity contribution in [1.82, 2.24) is 5.32 Å². The third-order valence-corrected chi connectivity index (χ3v) is 2.88. The van der Waals surface area contributed by atoms with E-state index in [1.807, 2.05) is 39.1 Å². The maximum Gasteiger partial charge on any atom is 0.344 e. The van der Waals surface area contributed by atoms with E-state index in [2.05, 4.69) is 21.2 Å². The molecule has 1 rings (SSSR count). The Kier molecular flexibility index (Phi) is 6.15. The lowest BCUT2D eigenvalue weighted by Crippen LogP contribution is -2.18. The standard InChI is InChI=1S/C13H18BrNO3/c1-9(2)18-13(16)8-17-11-4-5-12(14)10(6-11)7-15-3/h4-6,9,15H,7-8H2,1-3H3. The van der Waals surface area contributed by atoms with Crippen LogP contribution in [0.1, 0.15) is 19.4 Å². The monoisotopic (exact) mass is 315 g/mol. The lowest BCUT2D eigenvalue weighted by Gasteiger charge is -2.11. The quantitative estimate of drug-likeness (QED) is 0.819. The summed E-state index contributed by atoms with van der Waals surface area (Å²) in [6.45, 7) is 4.28. The molecule has 0 saturated heterocycles. The molecule has 0 saturated carbocycles. The number of ether oxygens (including phenoxy) is 2. The van der Waals surface area contributed by atoms with Gasteiger partial charge in [-0.3, -0.25) is 0 Å². The van der Waals surface area contributed by atoms with E-state index in [4.69, 9.17) is 9.47 Å². The van der Waals surface area contributed by atoms with Crippen molar-refractivity contribution in [2.45, 2.75) is 26.5 Å². The number of hydrogen-bond donors (Lipinski definition) is 1. The van der Waals surface area contributed by atoms with Crippen LogP contribution >= 0.6 is 15.9 Å². The predicted octanol–water partition coefficient (Wildman–Crippen LogP) is 2.50. The lowest BCUT2D eigenvalue weighted by atomic mass is 10.2. The maximum absolute atomic E-state index is 11.3. The molecule has 0 radical (unpaired) electrons. The highest BCUT2D eigenvalue weighted by Crippen LogP contribution is 2.22. The van der Waals surface area contributed by atoms with Gasteiger partial charge in [0.25, 0.3) is 0 Å². The number of benzene rings is 1.